The predicted molar refractivity (Wildman–Crippen MR) is 66.9 cm³/mol. The first-order valence-electron chi connectivity index (χ1n) is 6.09. The molecule has 0 radical (unpaired) electrons. The van der Waals surface area contributed by atoms with Gasteiger partial charge in [0.25, 0.3) is 0 Å². The van der Waals surface area contributed by atoms with Crippen molar-refractivity contribution < 1.29 is 9.90 Å². The van der Waals surface area contributed by atoms with E-state index in [0.717, 1.165) is 18.4 Å². The SMILES string of the molecule is CC(c1ccc(C#N)cc1)N(CC(=O)O)C1CC1. The van der Waals surface area contributed by atoms with Gasteiger partial charge in [0.05, 0.1) is 18.2 Å². The minimum absolute atomic E-state index is 0.0707. The number of nitrogens with zero attached hydrogens (tertiary/aromatic N) is 2. The molecule has 0 aliphatic heterocycles. The van der Waals surface area contributed by atoms with Gasteiger partial charge in [0, 0.05) is 12.1 Å². The second-order valence-corrected chi connectivity index (χ2v) is 4.71. The lowest BCUT2D eigenvalue weighted by Gasteiger charge is -2.27. The molecule has 0 heterocycles. The molecule has 1 fully saturated rings. The molecular formula is C14H16N2O2. The minimum Gasteiger partial charge on any atom is -0.480 e. The standard InChI is InChI=1S/C14H16N2O2/c1-10(12-4-2-11(8-15)3-5-12)16(9-14(17)18)13-6-7-13/h2-5,10,13H,6-7,9H2,1H3,(H,17,18). The maximum Gasteiger partial charge on any atom is 0.317 e. The van der Waals surface area contributed by atoms with Crippen LogP contribution in [0.5, 0.6) is 0 Å². The molecule has 0 spiro atoms. The van der Waals surface area contributed by atoms with Gasteiger partial charge in [0.15, 0.2) is 0 Å². The minimum atomic E-state index is -0.789. The fourth-order valence-corrected chi connectivity index (χ4v) is 2.17. The lowest BCUT2D eigenvalue weighted by Crippen LogP contribution is -2.34. The van der Waals surface area contributed by atoms with Crippen LogP contribution in [0.3, 0.4) is 0 Å². The van der Waals surface area contributed by atoms with Gasteiger partial charge >= 0.3 is 5.97 Å². The highest BCUT2D eigenvalue weighted by Crippen LogP contribution is 2.33. The summed E-state index contributed by atoms with van der Waals surface area (Å²) in [4.78, 5) is 12.9. The number of benzene rings is 1. The van der Waals surface area contributed by atoms with Crippen molar-refractivity contribution in [2.75, 3.05) is 6.54 Å². The van der Waals surface area contributed by atoms with Crippen molar-refractivity contribution in [2.24, 2.45) is 0 Å². The van der Waals surface area contributed by atoms with E-state index in [-0.39, 0.29) is 12.6 Å². The molecule has 1 N–H and O–H groups in total. The Morgan fingerprint density at radius 2 is 2.11 bits per heavy atom. The molecule has 18 heavy (non-hydrogen) atoms. The van der Waals surface area contributed by atoms with Crippen LogP contribution in [0, 0.1) is 11.3 Å². The summed E-state index contributed by atoms with van der Waals surface area (Å²) < 4.78 is 0. The van der Waals surface area contributed by atoms with Crippen molar-refractivity contribution in [3.63, 3.8) is 0 Å². The Kier molecular flexibility index (Phi) is 3.63. The van der Waals surface area contributed by atoms with E-state index in [2.05, 4.69) is 6.07 Å². The fourth-order valence-electron chi connectivity index (χ4n) is 2.17. The van der Waals surface area contributed by atoms with Gasteiger partial charge in [0.1, 0.15) is 0 Å². The molecule has 0 saturated heterocycles. The van der Waals surface area contributed by atoms with Crippen LogP contribution in [0.15, 0.2) is 24.3 Å². The van der Waals surface area contributed by atoms with E-state index in [1.165, 1.54) is 0 Å². The Morgan fingerprint density at radius 3 is 2.56 bits per heavy atom. The normalized spacial score (nSPS) is 16.3. The van der Waals surface area contributed by atoms with Crippen molar-refractivity contribution >= 4 is 5.97 Å². The van der Waals surface area contributed by atoms with Crippen molar-refractivity contribution in [1.82, 2.24) is 4.90 Å². The van der Waals surface area contributed by atoms with E-state index in [0.29, 0.717) is 11.6 Å². The van der Waals surface area contributed by atoms with Gasteiger partial charge in [-0.1, -0.05) is 12.1 Å². The first-order valence-corrected chi connectivity index (χ1v) is 6.09. The lowest BCUT2D eigenvalue weighted by molar-refractivity contribution is -0.139. The predicted octanol–water partition coefficient (Wildman–Crippen LogP) is 2.17. The second-order valence-electron chi connectivity index (χ2n) is 4.71. The summed E-state index contributed by atoms with van der Waals surface area (Å²) in [5.74, 6) is -0.789. The largest absolute Gasteiger partial charge is 0.480 e. The molecule has 4 nitrogen and oxygen atoms in total. The number of carboxylic acid groups (broad SMARTS) is 1. The first kappa shape index (κ1) is 12.6. The number of hydrogen-bond donors (Lipinski definition) is 1. The summed E-state index contributed by atoms with van der Waals surface area (Å²) in [5, 5.41) is 17.7. The average molecular weight is 244 g/mol. The highest BCUT2D eigenvalue weighted by atomic mass is 16.4. The number of carboxylic acids is 1. The summed E-state index contributed by atoms with van der Waals surface area (Å²) in [6, 6.07) is 9.91. The Balaban J connectivity index is 2.13. The van der Waals surface area contributed by atoms with E-state index in [9.17, 15) is 4.79 Å². The van der Waals surface area contributed by atoms with Gasteiger partial charge in [-0.15, -0.1) is 0 Å². The zero-order chi connectivity index (χ0) is 13.1. The average Bonchev–Trinajstić information content (AvgIpc) is 3.19. The number of carbonyl (C=O) groups is 1. The molecule has 1 atom stereocenters. The quantitative estimate of drug-likeness (QED) is 0.862. The maximum absolute atomic E-state index is 10.9. The molecule has 0 bridgehead atoms. The highest BCUT2D eigenvalue weighted by Gasteiger charge is 2.33. The molecule has 1 aliphatic rings. The number of aliphatic carboxylic acids is 1. The maximum atomic E-state index is 10.9. The van der Waals surface area contributed by atoms with E-state index in [1.807, 2.05) is 24.0 Å². The summed E-state index contributed by atoms with van der Waals surface area (Å²) in [5.41, 5.74) is 1.68. The zero-order valence-corrected chi connectivity index (χ0v) is 10.3. The number of nitriles is 1. The van der Waals surface area contributed by atoms with Crippen molar-refractivity contribution in [3.05, 3.63) is 35.4 Å². The van der Waals surface area contributed by atoms with Gasteiger partial charge in [0.2, 0.25) is 0 Å². The molecule has 1 aromatic rings. The third kappa shape index (κ3) is 2.88. The smallest absolute Gasteiger partial charge is 0.317 e. The summed E-state index contributed by atoms with van der Waals surface area (Å²) in [6.07, 6.45) is 2.15. The molecule has 1 aliphatic carbocycles. The van der Waals surface area contributed by atoms with Crippen LogP contribution < -0.4 is 0 Å². The number of hydrogen-bond acceptors (Lipinski definition) is 3. The summed E-state index contributed by atoms with van der Waals surface area (Å²) in [6.45, 7) is 2.09. The molecule has 94 valence electrons. The topological polar surface area (TPSA) is 64.3 Å². The molecular weight excluding hydrogens is 228 g/mol. The van der Waals surface area contributed by atoms with Crippen LogP contribution in [0.2, 0.25) is 0 Å². The summed E-state index contributed by atoms with van der Waals surface area (Å²) in [7, 11) is 0. The molecule has 1 saturated carbocycles. The first-order chi connectivity index (χ1) is 8.61. The number of rotatable bonds is 5. The third-order valence-electron chi connectivity index (χ3n) is 3.35. The van der Waals surface area contributed by atoms with Gasteiger partial charge in [-0.3, -0.25) is 9.69 Å². The second kappa shape index (κ2) is 5.19. The van der Waals surface area contributed by atoms with Gasteiger partial charge in [-0.25, -0.2) is 0 Å². The monoisotopic (exact) mass is 244 g/mol. The molecule has 2 rings (SSSR count). The third-order valence-corrected chi connectivity index (χ3v) is 3.35. The van der Waals surface area contributed by atoms with Crippen LogP contribution in [-0.4, -0.2) is 28.6 Å². The molecule has 1 unspecified atom stereocenters. The van der Waals surface area contributed by atoms with Gasteiger partial charge < -0.3 is 5.11 Å². The van der Waals surface area contributed by atoms with Crippen molar-refractivity contribution in [3.8, 4) is 6.07 Å². The Hall–Kier alpha value is -1.86. The van der Waals surface area contributed by atoms with Crippen LogP contribution >= 0.6 is 0 Å². The Bertz CT molecular complexity index is 472. The van der Waals surface area contributed by atoms with Crippen LogP contribution in [-0.2, 0) is 4.79 Å². The van der Waals surface area contributed by atoms with E-state index >= 15 is 0 Å². The zero-order valence-electron chi connectivity index (χ0n) is 10.3. The van der Waals surface area contributed by atoms with Crippen LogP contribution in [0.25, 0.3) is 0 Å². The van der Waals surface area contributed by atoms with Crippen molar-refractivity contribution in [1.29, 1.82) is 5.26 Å². The Labute approximate surface area is 106 Å². The van der Waals surface area contributed by atoms with Crippen LogP contribution in [0.4, 0.5) is 0 Å². The van der Waals surface area contributed by atoms with Gasteiger partial charge in [-0.05, 0) is 37.5 Å². The lowest BCUT2D eigenvalue weighted by atomic mass is 10.0. The van der Waals surface area contributed by atoms with E-state index in [1.54, 1.807) is 12.1 Å². The molecule has 4 heteroatoms. The fraction of sp³-hybridized carbons (Fsp3) is 0.429. The molecule has 1 aromatic carbocycles. The molecule has 0 aromatic heterocycles. The van der Waals surface area contributed by atoms with Gasteiger partial charge in [-0.2, -0.15) is 5.26 Å². The van der Waals surface area contributed by atoms with E-state index in [4.69, 9.17) is 10.4 Å². The van der Waals surface area contributed by atoms with E-state index < -0.39 is 5.97 Å². The van der Waals surface area contributed by atoms with Crippen LogP contribution in [0.1, 0.15) is 36.9 Å². The Morgan fingerprint density at radius 1 is 1.50 bits per heavy atom. The van der Waals surface area contributed by atoms with Crippen molar-refractivity contribution in [2.45, 2.75) is 31.8 Å². The molecule has 0 amide bonds. The summed E-state index contributed by atoms with van der Waals surface area (Å²) >= 11 is 0. The highest BCUT2D eigenvalue weighted by molar-refractivity contribution is 5.69.